The molecule has 0 bridgehead atoms. The quantitative estimate of drug-likeness (QED) is 0.821. The van der Waals surface area contributed by atoms with Crippen LogP contribution in [-0.2, 0) is 17.3 Å². The first kappa shape index (κ1) is 18.4. The fourth-order valence-electron chi connectivity index (χ4n) is 2.37. The number of carbonyl (C=O) groups is 2. The average molecular weight is 340 g/mol. The van der Waals surface area contributed by atoms with E-state index in [1.54, 1.807) is 36.0 Å². The Morgan fingerprint density at radius 1 is 1.28 bits per heavy atom. The summed E-state index contributed by atoms with van der Waals surface area (Å²) < 4.78 is 1.75. The van der Waals surface area contributed by atoms with Crippen molar-refractivity contribution in [3.05, 3.63) is 60.4 Å². The Morgan fingerprint density at radius 2 is 1.92 bits per heavy atom. The molecule has 2 amide bonds. The van der Waals surface area contributed by atoms with Gasteiger partial charge in [-0.1, -0.05) is 20.4 Å². The van der Waals surface area contributed by atoms with Gasteiger partial charge in [-0.05, 0) is 36.4 Å². The van der Waals surface area contributed by atoms with Gasteiger partial charge in [0.15, 0.2) is 0 Å². The van der Waals surface area contributed by atoms with Gasteiger partial charge in [0.1, 0.15) is 0 Å². The topological polar surface area (TPSA) is 67.2 Å². The summed E-state index contributed by atoms with van der Waals surface area (Å²) in [6.07, 6.45) is 3.14. The molecule has 132 valence electrons. The first-order valence-corrected chi connectivity index (χ1v) is 8.03. The molecule has 0 saturated heterocycles. The molecule has 2 aromatic rings. The number of aromatic nitrogens is 2. The summed E-state index contributed by atoms with van der Waals surface area (Å²) in [6, 6.07) is 8.82. The lowest BCUT2D eigenvalue weighted by Crippen LogP contribution is -2.37. The van der Waals surface area contributed by atoms with Crippen LogP contribution in [-0.4, -0.2) is 35.2 Å². The molecule has 0 aliphatic heterocycles. The van der Waals surface area contributed by atoms with Crippen molar-refractivity contribution in [1.29, 1.82) is 0 Å². The van der Waals surface area contributed by atoms with E-state index in [4.69, 9.17) is 0 Å². The van der Waals surface area contributed by atoms with Gasteiger partial charge in [0.2, 0.25) is 5.91 Å². The lowest BCUT2D eigenvalue weighted by atomic mass is 9.89. The van der Waals surface area contributed by atoms with Crippen LogP contribution in [0.4, 0.5) is 5.69 Å². The molecule has 6 heteroatoms. The fourth-order valence-corrected chi connectivity index (χ4v) is 2.37. The second-order valence-corrected chi connectivity index (χ2v) is 6.59. The van der Waals surface area contributed by atoms with E-state index < -0.39 is 0 Å². The van der Waals surface area contributed by atoms with Crippen molar-refractivity contribution in [2.24, 2.45) is 7.05 Å². The Hall–Kier alpha value is -2.89. The summed E-state index contributed by atoms with van der Waals surface area (Å²) in [5.74, 6) is -0.359. The molecule has 6 nitrogen and oxygen atoms in total. The molecular weight excluding hydrogens is 316 g/mol. The molecule has 0 aliphatic carbocycles. The molecule has 1 heterocycles. The zero-order valence-corrected chi connectivity index (χ0v) is 15.1. The molecular formula is C19H24N4O2. The number of anilines is 1. The van der Waals surface area contributed by atoms with Crippen molar-refractivity contribution >= 4 is 17.5 Å². The van der Waals surface area contributed by atoms with E-state index in [1.807, 2.05) is 33.2 Å². The van der Waals surface area contributed by atoms with E-state index in [0.717, 1.165) is 5.69 Å². The SMILES string of the molecule is C=CC(=O)N(C)c1ccc(C(=O)NCC(C)(C)c2ccn(C)n2)cc1. The average Bonchev–Trinajstić information content (AvgIpc) is 3.06. The number of rotatable bonds is 6. The van der Waals surface area contributed by atoms with E-state index in [9.17, 15) is 9.59 Å². The highest BCUT2D eigenvalue weighted by atomic mass is 16.2. The Kier molecular flexibility index (Phi) is 5.41. The largest absolute Gasteiger partial charge is 0.351 e. The van der Waals surface area contributed by atoms with E-state index in [2.05, 4.69) is 17.0 Å². The van der Waals surface area contributed by atoms with Crippen molar-refractivity contribution in [3.8, 4) is 0 Å². The molecule has 0 aliphatic rings. The van der Waals surface area contributed by atoms with Gasteiger partial charge in [-0.2, -0.15) is 5.10 Å². The van der Waals surface area contributed by atoms with Crippen LogP contribution in [0.2, 0.25) is 0 Å². The van der Waals surface area contributed by atoms with Gasteiger partial charge in [-0.25, -0.2) is 0 Å². The molecule has 0 fully saturated rings. The minimum atomic E-state index is -0.270. The van der Waals surface area contributed by atoms with Gasteiger partial charge >= 0.3 is 0 Å². The van der Waals surface area contributed by atoms with Crippen molar-refractivity contribution in [2.75, 3.05) is 18.5 Å². The molecule has 0 unspecified atom stereocenters. The van der Waals surface area contributed by atoms with Crippen molar-refractivity contribution in [1.82, 2.24) is 15.1 Å². The summed E-state index contributed by atoms with van der Waals surface area (Å²) >= 11 is 0. The molecule has 25 heavy (non-hydrogen) atoms. The summed E-state index contributed by atoms with van der Waals surface area (Å²) in [7, 11) is 3.53. The lowest BCUT2D eigenvalue weighted by Gasteiger charge is -2.23. The van der Waals surface area contributed by atoms with Crippen molar-refractivity contribution in [2.45, 2.75) is 19.3 Å². The molecule has 0 radical (unpaired) electrons. The van der Waals surface area contributed by atoms with Crippen LogP contribution in [0, 0.1) is 0 Å². The second-order valence-electron chi connectivity index (χ2n) is 6.59. The standard InChI is InChI=1S/C19H24N4O2/c1-6-17(24)23(5)15-9-7-14(8-10-15)18(25)20-13-19(2,3)16-11-12-22(4)21-16/h6-12H,1,13H2,2-5H3,(H,20,25). The van der Waals surface area contributed by atoms with Crippen LogP contribution in [0.15, 0.2) is 49.2 Å². The molecule has 1 N–H and O–H groups in total. The number of hydrogen-bond acceptors (Lipinski definition) is 3. The summed E-state index contributed by atoms with van der Waals surface area (Å²) in [5, 5.41) is 7.35. The normalized spacial score (nSPS) is 11.0. The van der Waals surface area contributed by atoms with Crippen molar-refractivity contribution in [3.63, 3.8) is 0 Å². The van der Waals surface area contributed by atoms with Crippen molar-refractivity contribution < 1.29 is 9.59 Å². The van der Waals surface area contributed by atoms with Crippen LogP contribution in [0.1, 0.15) is 29.9 Å². The van der Waals surface area contributed by atoms with Crippen LogP contribution in [0.25, 0.3) is 0 Å². The van der Waals surface area contributed by atoms with Crippen LogP contribution in [0.5, 0.6) is 0 Å². The van der Waals surface area contributed by atoms with E-state index in [1.165, 1.54) is 11.0 Å². The minimum Gasteiger partial charge on any atom is -0.351 e. The number of nitrogens with one attached hydrogen (secondary N) is 1. The predicted octanol–water partition coefficient (Wildman–Crippen LogP) is 2.28. The summed E-state index contributed by atoms with van der Waals surface area (Å²) in [6.45, 7) is 8.01. The number of carbonyl (C=O) groups excluding carboxylic acids is 2. The summed E-state index contributed by atoms with van der Waals surface area (Å²) in [5.41, 5.74) is 1.90. The van der Waals surface area contributed by atoms with Gasteiger partial charge in [0, 0.05) is 43.5 Å². The number of likely N-dealkylation sites (N-methyl/N-ethyl adjacent to an activating group) is 1. The van der Waals surface area contributed by atoms with E-state index >= 15 is 0 Å². The van der Waals surface area contributed by atoms with Gasteiger partial charge in [0.05, 0.1) is 5.69 Å². The second kappa shape index (κ2) is 7.34. The zero-order valence-electron chi connectivity index (χ0n) is 15.1. The number of benzene rings is 1. The molecule has 0 saturated carbocycles. The van der Waals surface area contributed by atoms with E-state index in [-0.39, 0.29) is 17.2 Å². The fraction of sp³-hybridized carbons (Fsp3) is 0.316. The Labute approximate surface area is 148 Å². The maximum absolute atomic E-state index is 12.4. The molecule has 1 aromatic heterocycles. The first-order valence-electron chi connectivity index (χ1n) is 8.03. The smallest absolute Gasteiger partial charge is 0.251 e. The number of aryl methyl sites for hydroxylation is 1. The van der Waals surface area contributed by atoms with Crippen LogP contribution >= 0.6 is 0 Å². The van der Waals surface area contributed by atoms with Crippen LogP contribution in [0.3, 0.4) is 0 Å². The third-order valence-corrected chi connectivity index (χ3v) is 4.12. The highest BCUT2D eigenvalue weighted by molar-refractivity contribution is 6.01. The zero-order chi connectivity index (χ0) is 18.6. The predicted molar refractivity (Wildman–Crippen MR) is 98.6 cm³/mol. The van der Waals surface area contributed by atoms with Crippen LogP contribution < -0.4 is 10.2 Å². The minimum absolute atomic E-state index is 0.159. The lowest BCUT2D eigenvalue weighted by molar-refractivity contribution is -0.113. The van der Waals surface area contributed by atoms with Gasteiger partial charge < -0.3 is 10.2 Å². The number of nitrogens with zero attached hydrogens (tertiary/aromatic N) is 3. The number of amides is 2. The van der Waals surface area contributed by atoms with Gasteiger partial charge in [-0.3, -0.25) is 14.3 Å². The molecule has 0 spiro atoms. The Bertz CT molecular complexity index is 775. The highest BCUT2D eigenvalue weighted by Gasteiger charge is 2.24. The molecule has 0 atom stereocenters. The highest BCUT2D eigenvalue weighted by Crippen LogP contribution is 2.20. The molecule has 1 aromatic carbocycles. The maximum Gasteiger partial charge on any atom is 0.251 e. The maximum atomic E-state index is 12.4. The molecule has 2 rings (SSSR count). The van der Waals surface area contributed by atoms with E-state index in [0.29, 0.717) is 17.8 Å². The summed E-state index contributed by atoms with van der Waals surface area (Å²) in [4.78, 5) is 25.4. The Morgan fingerprint density at radius 3 is 2.44 bits per heavy atom. The Balaban J connectivity index is 2.01. The third kappa shape index (κ3) is 4.35. The third-order valence-electron chi connectivity index (χ3n) is 4.12. The van der Waals surface area contributed by atoms with Gasteiger partial charge in [-0.15, -0.1) is 0 Å². The van der Waals surface area contributed by atoms with Gasteiger partial charge in [0.25, 0.3) is 5.91 Å². The first-order chi connectivity index (χ1) is 11.7. The number of hydrogen-bond donors (Lipinski definition) is 1. The monoisotopic (exact) mass is 340 g/mol.